The molecule has 0 fully saturated rings. The fraction of sp³-hybridized carbons (Fsp3) is 0.200. The lowest BCUT2D eigenvalue weighted by Crippen LogP contribution is -1.83. The van der Waals surface area contributed by atoms with E-state index in [1.54, 1.807) is 6.26 Å². The van der Waals surface area contributed by atoms with Crippen LogP contribution in [0.15, 0.2) is 36.6 Å². The number of rotatable bonds is 2. The highest BCUT2D eigenvalue weighted by Crippen LogP contribution is 2.15. The van der Waals surface area contributed by atoms with Crippen LogP contribution < -0.4 is 4.74 Å². The molecule has 1 aromatic rings. The summed E-state index contributed by atoms with van der Waals surface area (Å²) in [6.07, 6.45) is 3.55. The molecule has 0 heterocycles. The highest BCUT2D eigenvalue weighted by atomic mass is 16.5. The Balaban J connectivity index is 2.77. The van der Waals surface area contributed by atoms with E-state index in [1.807, 2.05) is 44.2 Å². The molecule has 0 unspecified atom stereocenters. The van der Waals surface area contributed by atoms with Gasteiger partial charge in [0.1, 0.15) is 5.75 Å². The van der Waals surface area contributed by atoms with E-state index < -0.39 is 0 Å². The van der Waals surface area contributed by atoms with Gasteiger partial charge >= 0.3 is 0 Å². The van der Waals surface area contributed by atoms with Gasteiger partial charge in [-0.3, -0.25) is 0 Å². The van der Waals surface area contributed by atoms with Crippen molar-refractivity contribution in [2.24, 2.45) is 0 Å². The van der Waals surface area contributed by atoms with E-state index in [0.29, 0.717) is 0 Å². The summed E-state index contributed by atoms with van der Waals surface area (Å²) in [6.45, 7) is 3.96. The van der Waals surface area contributed by atoms with Crippen molar-refractivity contribution < 1.29 is 4.74 Å². The van der Waals surface area contributed by atoms with E-state index in [4.69, 9.17) is 4.74 Å². The third kappa shape index (κ3) is 2.11. The Morgan fingerprint density at radius 2 is 2.00 bits per heavy atom. The third-order valence-electron chi connectivity index (χ3n) is 1.42. The maximum atomic E-state index is 5.31. The van der Waals surface area contributed by atoms with E-state index >= 15 is 0 Å². The third-order valence-corrected chi connectivity index (χ3v) is 1.42. The summed E-state index contributed by atoms with van der Waals surface area (Å²) in [6, 6.07) is 7.94. The largest absolute Gasteiger partial charge is 0.465 e. The van der Waals surface area contributed by atoms with Crippen molar-refractivity contribution in [2.45, 2.75) is 13.8 Å². The number of hydrogen-bond acceptors (Lipinski definition) is 1. The second-order valence-electron chi connectivity index (χ2n) is 2.35. The maximum absolute atomic E-state index is 5.31. The van der Waals surface area contributed by atoms with Crippen molar-refractivity contribution in [3.63, 3.8) is 0 Å². The molecule has 0 aliphatic rings. The van der Waals surface area contributed by atoms with Crippen molar-refractivity contribution in [3.05, 3.63) is 42.2 Å². The minimum absolute atomic E-state index is 0.922. The number of benzene rings is 1. The van der Waals surface area contributed by atoms with Gasteiger partial charge in [-0.25, -0.2) is 0 Å². The highest BCUT2D eigenvalue weighted by Gasteiger charge is 1.92. The lowest BCUT2D eigenvalue weighted by Gasteiger charge is -2.01. The first-order valence-corrected chi connectivity index (χ1v) is 3.68. The Morgan fingerprint density at radius 3 is 2.64 bits per heavy atom. The number of para-hydroxylation sites is 1. The summed E-state index contributed by atoms with van der Waals surface area (Å²) in [5.74, 6) is 0.922. The first kappa shape index (κ1) is 7.86. The van der Waals surface area contributed by atoms with Gasteiger partial charge in [0.05, 0.1) is 6.26 Å². The van der Waals surface area contributed by atoms with Gasteiger partial charge in [-0.2, -0.15) is 0 Å². The van der Waals surface area contributed by atoms with Crippen LogP contribution in [0.25, 0.3) is 0 Å². The van der Waals surface area contributed by atoms with Gasteiger partial charge in [-0.05, 0) is 25.5 Å². The van der Waals surface area contributed by atoms with Crippen LogP contribution in [-0.2, 0) is 0 Å². The van der Waals surface area contributed by atoms with Crippen LogP contribution in [0.2, 0.25) is 0 Å². The molecule has 0 N–H and O–H groups in total. The molecule has 58 valence electrons. The van der Waals surface area contributed by atoms with Crippen LogP contribution >= 0.6 is 0 Å². The first-order chi connectivity index (χ1) is 5.34. The number of hydrogen-bond donors (Lipinski definition) is 0. The molecule has 0 amide bonds. The number of allylic oxidation sites excluding steroid dienone is 1. The van der Waals surface area contributed by atoms with Crippen molar-refractivity contribution in [1.82, 2.24) is 0 Å². The molecule has 0 saturated heterocycles. The molecule has 1 nitrogen and oxygen atoms in total. The predicted octanol–water partition coefficient (Wildman–Crippen LogP) is 2.91. The smallest absolute Gasteiger partial charge is 0.129 e. The zero-order chi connectivity index (χ0) is 8.10. The number of aryl methyl sites for hydroxylation is 1. The summed E-state index contributed by atoms with van der Waals surface area (Å²) in [7, 11) is 0. The van der Waals surface area contributed by atoms with Crippen molar-refractivity contribution in [3.8, 4) is 5.75 Å². The molecule has 0 spiro atoms. The van der Waals surface area contributed by atoms with Crippen molar-refractivity contribution in [1.29, 1.82) is 0 Å². The summed E-state index contributed by atoms with van der Waals surface area (Å²) >= 11 is 0. The number of ether oxygens (including phenoxy) is 1. The highest BCUT2D eigenvalue weighted by molar-refractivity contribution is 5.32. The van der Waals surface area contributed by atoms with Gasteiger partial charge in [0, 0.05) is 0 Å². The van der Waals surface area contributed by atoms with Crippen LogP contribution in [0, 0.1) is 6.92 Å². The molecule has 1 heteroatoms. The molecular weight excluding hydrogens is 136 g/mol. The van der Waals surface area contributed by atoms with Crippen LogP contribution in [0.1, 0.15) is 12.5 Å². The lowest BCUT2D eigenvalue weighted by atomic mass is 10.2. The predicted molar refractivity (Wildman–Crippen MR) is 46.6 cm³/mol. The molecule has 0 aromatic heterocycles. The van der Waals surface area contributed by atoms with Crippen LogP contribution in [0.5, 0.6) is 5.75 Å². The Morgan fingerprint density at radius 1 is 1.27 bits per heavy atom. The Kier molecular flexibility index (Phi) is 2.73. The van der Waals surface area contributed by atoms with E-state index in [0.717, 1.165) is 11.3 Å². The molecule has 0 aliphatic heterocycles. The molecule has 11 heavy (non-hydrogen) atoms. The maximum Gasteiger partial charge on any atom is 0.129 e. The fourth-order valence-electron chi connectivity index (χ4n) is 0.830. The van der Waals surface area contributed by atoms with E-state index in [-0.39, 0.29) is 0 Å². The molecular formula is C10H12O. The topological polar surface area (TPSA) is 9.23 Å². The second-order valence-corrected chi connectivity index (χ2v) is 2.35. The standard InChI is InChI=1S/C10H12O/c1-3-8-11-10-7-5-4-6-9(10)2/h3-8H,1-2H3. The summed E-state index contributed by atoms with van der Waals surface area (Å²) in [5, 5.41) is 0. The molecule has 1 rings (SSSR count). The SMILES string of the molecule is CC=COc1ccccc1C. The van der Waals surface area contributed by atoms with Gasteiger partial charge in [0.25, 0.3) is 0 Å². The van der Waals surface area contributed by atoms with Crippen LogP contribution in [0.4, 0.5) is 0 Å². The van der Waals surface area contributed by atoms with Gasteiger partial charge < -0.3 is 4.74 Å². The summed E-state index contributed by atoms with van der Waals surface area (Å²) in [5.41, 5.74) is 1.16. The normalized spacial score (nSPS) is 10.4. The Hall–Kier alpha value is -1.24. The zero-order valence-electron chi connectivity index (χ0n) is 6.87. The monoisotopic (exact) mass is 148 g/mol. The van der Waals surface area contributed by atoms with Crippen molar-refractivity contribution in [2.75, 3.05) is 0 Å². The second kappa shape index (κ2) is 3.81. The van der Waals surface area contributed by atoms with Gasteiger partial charge in [0.15, 0.2) is 0 Å². The Bertz CT molecular complexity index is 251. The molecule has 0 atom stereocenters. The van der Waals surface area contributed by atoms with E-state index in [1.165, 1.54) is 0 Å². The van der Waals surface area contributed by atoms with Crippen LogP contribution in [0.3, 0.4) is 0 Å². The summed E-state index contributed by atoms with van der Waals surface area (Å²) < 4.78 is 5.31. The van der Waals surface area contributed by atoms with Gasteiger partial charge in [-0.1, -0.05) is 24.3 Å². The average Bonchev–Trinajstić information content (AvgIpc) is 2.03. The van der Waals surface area contributed by atoms with Crippen molar-refractivity contribution >= 4 is 0 Å². The fourth-order valence-corrected chi connectivity index (χ4v) is 0.830. The molecule has 0 saturated carbocycles. The molecule has 1 aromatic carbocycles. The average molecular weight is 148 g/mol. The zero-order valence-corrected chi connectivity index (χ0v) is 6.87. The van der Waals surface area contributed by atoms with E-state index in [9.17, 15) is 0 Å². The quantitative estimate of drug-likeness (QED) is 0.586. The molecule has 0 radical (unpaired) electrons. The Labute approximate surface area is 67.3 Å². The van der Waals surface area contributed by atoms with E-state index in [2.05, 4.69) is 0 Å². The molecule has 0 bridgehead atoms. The minimum Gasteiger partial charge on any atom is -0.465 e. The van der Waals surface area contributed by atoms with Gasteiger partial charge in [0.2, 0.25) is 0 Å². The van der Waals surface area contributed by atoms with Crippen LogP contribution in [-0.4, -0.2) is 0 Å². The lowest BCUT2D eigenvalue weighted by molar-refractivity contribution is 0.476. The first-order valence-electron chi connectivity index (χ1n) is 3.68. The van der Waals surface area contributed by atoms with Gasteiger partial charge in [-0.15, -0.1) is 0 Å². The summed E-state index contributed by atoms with van der Waals surface area (Å²) in [4.78, 5) is 0. The minimum atomic E-state index is 0.922. The molecule has 0 aliphatic carbocycles.